The van der Waals surface area contributed by atoms with Gasteiger partial charge in [0, 0.05) is 31.5 Å². The van der Waals surface area contributed by atoms with E-state index in [0.717, 1.165) is 0 Å². The van der Waals surface area contributed by atoms with Crippen LogP contribution in [0, 0.1) is 11.7 Å². The molecule has 0 aromatic heterocycles. The Morgan fingerprint density at radius 1 is 1.18 bits per heavy atom. The summed E-state index contributed by atoms with van der Waals surface area (Å²) in [5, 5.41) is 4.57. The Morgan fingerprint density at radius 2 is 1.93 bits per heavy atom. The zero-order valence-electron chi connectivity index (χ0n) is 24.0. The molecule has 5 aliphatic rings. The molecule has 5 atom stereocenters. The molecule has 1 aromatic carbocycles. The zero-order valence-corrected chi connectivity index (χ0v) is 24.8. The minimum absolute atomic E-state index is 0.00486. The number of hydrogen-bond acceptors (Lipinski definition) is 8. The molecule has 3 heterocycles. The fourth-order valence-electron chi connectivity index (χ4n) is 6.12. The van der Waals surface area contributed by atoms with E-state index in [9.17, 15) is 36.8 Å². The van der Waals surface area contributed by atoms with Crippen molar-refractivity contribution in [2.45, 2.75) is 67.7 Å². The molecule has 44 heavy (non-hydrogen) atoms. The number of urea groups is 1. The summed E-state index contributed by atoms with van der Waals surface area (Å²) in [5.41, 5.74) is -0.534. The SMILES string of the molecule is C=C[C@@H]1C[C@]1(NC(=O)[C@@H]1C[C@@H](OC(=O)N2Cc3cccc(F)c3C2)CN1C(=O)[C@@H]1CN(C)C(=O)N1)C(=O)NS(=O)(=O)C1CC1. The third kappa shape index (κ3) is 5.35. The highest BCUT2D eigenvalue weighted by Crippen LogP contribution is 2.45. The number of amides is 6. The van der Waals surface area contributed by atoms with Crippen LogP contribution in [-0.2, 0) is 42.2 Å². The third-order valence-corrected chi connectivity index (χ3v) is 10.8. The van der Waals surface area contributed by atoms with Gasteiger partial charge in [0.25, 0.3) is 5.91 Å². The predicted molar refractivity (Wildman–Crippen MR) is 150 cm³/mol. The van der Waals surface area contributed by atoms with E-state index in [2.05, 4.69) is 21.9 Å². The fourth-order valence-corrected chi connectivity index (χ4v) is 7.49. The minimum Gasteiger partial charge on any atom is -0.444 e. The van der Waals surface area contributed by atoms with Gasteiger partial charge in [-0.1, -0.05) is 18.2 Å². The molecule has 3 N–H and O–H groups in total. The van der Waals surface area contributed by atoms with Crippen LogP contribution >= 0.6 is 0 Å². The van der Waals surface area contributed by atoms with Crippen LogP contribution in [0.2, 0.25) is 0 Å². The highest BCUT2D eigenvalue weighted by molar-refractivity contribution is 7.91. The maximum absolute atomic E-state index is 14.2. The normalized spacial score (nSPS) is 29.1. The largest absolute Gasteiger partial charge is 0.444 e. The number of halogens is 1. The third-order valence-electron chi connectivity index (χ3n) is 8.95. The van der Waals surface area contributed by atoms with Crippen LogP contribution in [0.25, 0.3) is 0 Å². The van der Waals surface area contributed by atoms with Gasteiger partial charge in [-0.15, -0.1) is 6.58 Å². The molecule has 2 saturated heterocycles. The number of hydrogen-bond donors (Lipinski definition) is 3. The number of nitrogens with one attached hydrogen (secondary N) is 3. The molecular weight excluding hydrogens is 599 g/mol. The van der Waals surface area contributed by atoms with Crippen LogP contribution < -0.4 is 15.4 Å². The van der Waals surface area contributed by atoms with Gasteiger partial charge >= 0.3 is 12.1 Å². The number of benzene rings is 1. The number of likely N-dealkylation sites (tertiary alicyclic amines) is 1. The van der Waals surface area contributed by atoms with Crippen molar-refractivity contribution >= 4 is 39.9 Å². The first-order valence-corrected chi connectivity index (χ1v) is 15.9. The standard InChI is InChI=1S/C28H33FN6O8S/c1-3-16-10-28(16,25(38)32-44(41,42)18-7-8-18)31-23(36)22-9-17(12-35(22)24(37)21-14-33(2)26(39)30-21)43-27(40)34-11-15-5-4-6-20(29)19(15)13-34/h3-6,16-18,21-22H,1,7-14H2,2H3,(H,30,39)(H,31,36)(H,32,38)/t16-,17-,21+,22+,28-/m1/s1. The Hall–Kier alpha value is -4.21. The Kier molecular flexibility index (Phi) is 7.29. The van der Waals surface area contributed by atoms with E-state index in [-0.39, 0.29) is 39.0 Å². The second-order valence-corrected chi connectivity index (χ2v) is 14.0. The summed E-state index contributed by atoms with van der Waals surface area (Å²) >= 11 is 0. The predicted octanol–water partition coefficient (Wildman–Crippen LogP) is -0.0597. The van der Waals surface area contributed by atoms with Crippen molar-refractivity contribution in [3.63, 3.8) is 0 Å². The lowest BCUT2D eigenvalue weighted by Crippen LogP contribution is -2.58. The van der Waals surface area contributed by atoms with Crippen molar-refractivity contribution in [3.05, 3.63) is 47.8 Å². The summed E-state index contributed by atoms with van der Waals surface area (Å²) in [4.78, 5) is 69.5. The molecule has 0 spiro atoms. The summed E-state index contributed by atoms with van der Waals surface area (Å²) in [6, 6.07) is 1.94. The van der Waals surface area contributed by atoms with Gasteiger partial charge in [-0.25, -0.2) is 22.4 Å². The van der Waals surface area contributed by atoms with Gasteiger partial charge in [0.15, 0.2) is 0 Å². The lowest BCUT2D eigenvalue weighted by atomic mass is 10.1. The zero-order chi connectivity index (χ0) is 31.6. The van der Waals surface area contributed by atoms with Crippen molar-refractivity contribution in [1.29, 1.82) is 0 Å². The number of nitrogens with zero attached hydrogens (tertiary/aromatic N) is 3. The van der Waals surface area contributed by atoms with Crippen LogP contribution in [0.4, 0.5) is 14.0 Å². The summed E-state index contributed by atoms with van der Waals surface area (Å²) < 4.78 is 46.9. The van der Waals surface area contributed by atoms with Crippen molar-refractivity contribution in [1.82, 2.24) is 30.1 Å². The molecule has 16 heteroatoms. The summed E-state index contributed by atoms with van der Waals surface area (Å²) in [6.07, 6.45) is 0.652. The number of carbonyl (C=O) groups is 5. The van der Waals surface area contributed by atoms with Crippen molar-refractivity contribution in [2.75, 3.05) is 20.1 Å². The quantitative estimate of drug-likeness (QED) is 0.334. The van der Waals surface area contributed by atoms with Gasteiger partial charge in [0.05, 0.1) is 24.9 Å². The second kappa shape index (κ2) is 10.7. The number of likely N-dealkylation sites (N-methyl/N-ethyl adjacent to an activating group) is 1. The van der Waals surface area contributed by atoms with Gasteiger partial charge in [0.2, 0.25) is 21.8 Å². The molecule has 2 aliphatic carbocycles. The number of carbonyl (C=O) groups excluding carboxylic acids is 5. The van der Waals surface area contributed by atoms with Gasteiger partial charge in [-0.2, -0.15) is 0 Å². The maximum atomic E-state index is 14.2. The Bertz CT molecular complexity index is 1570. The van der Waals surface area contributed by atoms with Gasteiger partial charge in [-0.05, 0) is 30.9 Å². The fraction of sp³-hybridized carbons (Fsp3) is 0.536. The van der Waals surface area contributed by atoms with E-state index in [1.54, 1.807) is 12.1 Å². The molecule has 6 rings (SSSR count). The van der Waals surface area contributed by atoms with Crippen LogP contribution in [0.3, 0.4) is 0 Å². The van der Waals surface area contributed by atoms with Gasteiger partial charge in [0.1, 0.15) is 29.5 Å². The summed E-state index contributed by atoms with van der Waals surface area (Å²) in [5.74, 6) is -3.18. The van der Waals surface area contributed by atoms with Crippen LogP contribution in [0.15, 0.2) is 30.9 Å². The average molecular weight is 633 g/mol. The van der Waals surface area contributed by atoms with Crippen LogP contribution in [0.1, 0.15) is 36.8 Å². The van der Waals surface area contributed by atoms with Gasteiger partial charge < -0.3 is 25.2 Å². The molecule has 0 bridgehead atoms. The first-order chi connectivity index (χ1) is 20.8. The highest BCUT2D eigenvalue weighted by Gasteiger charge is 2.62. The van der Waals surface area contributed by atoms with E-state index in [1.807, 2.05) is 0 Å². The Balaban J connectivity index is 1.18. The summed E-state index contributed by atoms with van der Waals surface area (Å²) in [6.45, 7) is 3.70. The van der Waals surface area contributed by atoms with Gasteiger partial charge in [-0.3, -0.25) is 24.0 Å². The first-order valence-electron chi connectivity index (χ1n) is 14.4. The highest BCUT2D eigenvalue weighted by atomic mass is 32.2. The average Bonchev–Trinajstić information content (AvgIpc) is 3.82. The van der Waals surface area contributed by atoms with Crippen LogP contribution in [0.5, 0.6) is 0 Å². The number of rotatable bonds is 8. The molecule has 6 amide bonds. The van der Waals surface area contributed by atoms with E-state index in [0.29, 0.717) is 24.0 Å². The van der Waals surface area contributed by atoms with Crippen molar-refractivity contribution < 1.29 is 41.5 Å². The monoisotopic (exact) mass is 632 g/mol. The van der Waals surface area contributed by atoms with E-state index in [4.69, 9.17) is 4.74 Å². The lowest BCUT2D eigenvalue weighted by Gasteiger charge is -2.28. The van der Waals surface area contributed by atoms with E-state index < -0.39 is 80.6 Å². The molecule has 0 radical (unpaired) electrons. The van der Waals surface area contributed by atoms with Crippen molar-refractivity contribution in [2.24, 2.45) is 5.92 Å². The van der Waals surface area contributed by atoms with E-state index >= 15 is 0 Å². The lowest BCUT2D eigenvalue weighted by molar-refractivity contribution is -0.140. The molecular formula is C28H33FN6O8S. The van der Waals surface area contributed by atoms with E-state index in [1.165, 1.54) is 33.9 Å². The van der Waals surface area contributed by atoms with Crippen LogP contribution in [-0.4, -0.2) is 102 Å². The first kappa shape index (κ1) is 29.8. The molecule has 2 saturated carbocycles. The number of ether oxygens (including phenoxy) is 1. The topological polar surface area (TPSA) is 175 Å². The van der Waals surface area contributed by atoms with Crippen molar-refractivity contribution in [3.8, 4) is 0 Å². The molecule has 14 nitrogen and oxygen atoms in total. The number of fused-ring (bicyclic) bond motifs is 1. The smallest absolute Gasteiger partial charge is 0.410 e. The molecule has 236 valence electrons. The molecule has 4 fully saturated rings. The maximum Gasteiger partial charge on any atom is 0.410 e. The minimum atomic E-state index is -3.89. The summed E-state index contributed by atoms with van der Waals surface area (Å²) in [7, 11) is -2.38. The Morgan fingerprint density at radius 3 is 2.55 bits per heavy atom. The molecule has 1 aromatic rings. The second-order valence-electron chi connectivity index (χ2n) is 12.0. The molecule has 0 unspecified atom stereocenters. The Labute approximate surface area is 253 Å². The number of sulfonamides is 1. The molecule has 3 aliphatic heterocycles.